The van der Waals surface area contributed by atoms with Crippen LogP contribution in [-0.4, -0.2) is 18.8 Å². The van der Waals surface area contributed by atoms with E-state index in [-0.39, 0.29) is 23.0 Å². The molecule has 3 nitrogen and oxygen atoms in total. The molecule has 2 aromatic carbocycles. The lowest BCUT2D eigenvalue weighted by molar-refractivity contribution is -0.153. The van der Waals surface area contributed by atoms with Crippen LogP contribution in [0.3, 0.4) is 0 Å². The molecule has 0 saturated heterocycles. The van der Waals surface area contributed by atoms with Gasteiger partial charge >= 0.3 is 12.1 Å². The van der Waals surface area contributed by atoms with Crippen molar-refractivity contribution in [3.63, 3.8) is 0 Å². The summed E-state index contributed by atoms with van der Waals surface area (Å²) in [5.74, 6) is -1.05. The predicted molar refractivity (Wildman–Crippen MR) is 101 cm³/mol. The summed E-state index contributed by atoms with van der Waals surface area (Å²) in [5, 5.41) is 0.500. The Morgan fingerprint density at radius 2 is 1.86 bits per heavy atom. The third kappa shape index (κ3) is 5.49. The molecule has 0 unspecified atom stereocenters. The molecular formula is C22H22F4O3. The van der Waals surface area contributed by atoms with Crippen molar-refractivity contribution < 1.29 is 31.8 Å². The second kappa shape index (κ2) is 8.84. The van der Waals surface area contributed by atoms with E-state index < -0.39 is 24.3 Å². The number of esters is 1. The molecule has 29 heavy (non-hydrogen) atoms. The van der Waals surface area contributed by atoms with Gasteiger partial charge in [-0.2, -0.15) is 13.2 Å². The monoisotopic (exact) mass is 410 g/mol. The lowest BCUT2D eigenvalue weighted by Gasteiger charge is -2.25. The minimum absolute atomic E-state index is 0.0938. The molecule has 3 rings (SSSR count). The first-order valence-corrected chi connectivity index (χ1v) is 9.53. The van der Waals surface area contributed by atoms with Crippen molar-refractivity contribution in [2.75, 3.05) is 6.61 Å². The highest BCUT2D eigenvalue weighted by atomic mass is 19.4. The van der Waals surface area contributed by atoms with Crippen molar-refractivity contribution in [3.8, 4) is 11.5 Å². The van der Waals surface area contributed by atoms with E-state index in [0.717, 1.165) is 31.7 Å². The van der Waals surface area contributed by atoms with Gasteiger partial charge in [0.1, 0.15) is 5.75 Å². The fourth-order valence-electron chi connectivity index (χ4n) is 3.60. The zero-order chi connectivity index (χ0) is 21.0. The Hall–Kier alpha value is -2.57. The average molecular weight is 410 g/mol. The highest BCUT2D eigenvalue weighted by molar-refractivity contribution is 5.87. The van der Waals surface area contributed by atoms with Crippen molar-refractivity contribution in [1.29, 1.82) is 0 Å². The summed E-state index contributed by atoms with van der Waals surface area (Å²) in [6.45, 7) is 0.412. The van der Waals surface area contributed by atoms with E-state index in [1.54, 1.807) is 0 Å². The number of ether oxygens (including phenoxy) is 2. The van der Waals surface area contributed by atoms with E-state index in [4.69, 9.17) is 4.74 Å². The molecule has 0 amide bonds. The summed E-state index contributed by atoms with van der Waals surface area (Å²) in [7, 11) is 0. The molecule has 0 bridgehead atoms. The van der Waals surface area contributed by atoms with Crippen LogP contribution in [0.2, 0.25) is 0 Å². The van der Waals surface area contributed by atoms with Crippen LogP contribution < -0.4 is 9.47 Å². The number of carbonyl (C=O) groups is 1. The first-order valence-electron chi connectivity index (χ1n) is 9.53. The predicted octanol–water partition coefficient (Wildman–Crippen LogP) is 6.21. The maximum absolute atomic E-state index is 14.4. The third-order valence-electron chi connectivity index (χ3n) is 5.07. The number of rotatable bonds is 5. The quantitative estimate of drug-likeness (QED) is 0.255. The van der Waals surface area contributed by atoms with Gasteiger partial charge in [0.25, 0.3) is 0 Å². The molecule has 0 spiro atoms. The number of benzene rings is 2. The van der Waals surface area contributed by atoms with Gasteiger partial charge in [0.2, 0.25) is 0 Å². The fourth-order valence-corrected chi connectivity index (χ4v) is 3.60. The molecule has 156 valence electrons. The third-order valence-corrected chi connectivity index (χ3v) is 5.07. The summed E-state index contributed by atoms with van der Waals surface area (Å²) in [6.07, 6.45) is 3.03. The molecule has 0 aliphatic heterocycles. The molecule has 0 radical (unpaired) electrons. The van der Waals surface area contributed by atoms with Gasteiger partial charge in [0, 0.05) is 5.39 Å². The Bertz CT molecular complexity index is 897. The van der Waals surface area contributed by atoms with Gasteiger partial charge in [0.05, 0.1) is 5.92 Å². The molecule has 7 heteroatoms. The number of halogens is 4. The lowest BCUT2D eigenvalue weighted by atomic mass is 9.82. The van der Waals surface area contributed by atoms with Gasteiger partial charge < -0.3 is 9.47 Å². The van der Waals surface area contributed by atoms with E-state index >= 15 is 0 Å². The zero-order valence-electron chi connectivity index (χ0n) is 16.0. The molecular weight excluding hydrogens is 388 g/mol. The highest BCUT2D eigenvalue weighted by Gasteiger charge is 2.29. The van der Waals surface area contributed by atoms with Crippen LogP contribution in [0.5, 0.6) is 11.5 Å². The SMILES string of the molecule is C/C=C/C1CCC(C(=O)Oc2ccc3c(F)c(OCC(F)(F)F)ccc3c2)CC1. The van der Waals surface area contributed by atoms with Crippen molar-refractivity contribution in [1.82, 2.24) is 0 Å². The lowest BCUT2D eigenvalue weighted by Crippen LogP contribution is -2.25. The number of alkyl halides is 3. The number of allylic oxidation sites excluding steroid dienone is 2. The summed E-state index contributed by atoms with van der Waals surface area (Å²) < 4.78 is 61.2. The maximum Gasteiger partial charge on any atom is 0.422 e. The van der Waals surface area contributed by atoms with Crippen molar-refractivity contribution in [2.24, 2.45) is 11.8 Å². The molecule has 0 N–H and O–H groups in total. The number of hydrogen-bond acceptors (Lipinski definition) is 3. The summed E-state index contributed by atoms with van der Waals surface area (Å²) in [5.41, 5.74) is 0. The van der Waals surface area contributed by atoms with Gasteiger partial charge in [-0.25, -0.2) is 4.39 Å². The van der Waals surface area contributed by atoms with E-state index in [2.05, 4.69) is 10.8 Å². The van der Waals surface area contributed by atoms with Gasteiger partial charge in [0.15, 0.2) is 18.2 Å². The standard InChI is InChI=1S/C22H22F4O3/c1-2-3-14-4-6-15(7-5-14)21(27)29-17-9-10-18-16(12-17)8-11-19(20(18)23)28-13-22(24,25)26/h2-3,8-12,14-15H,4-7,13H2,1H3/b3-2+. The van der Waals surface area contributed by atoms with E-state index in [1.807, 2.05) is 13.0 Å². The fraction of sp³-hybridized carbons (Fsp3) is 0.409. The van der Waals surface area contributed by atoms with Crippen molar-refractivity contribution >= 4 is 16.7 Å². The van der Waals surface area contributed by atoms with Crippen LogP contribution in [0.1, 0.15) is 32.6 Å². The van der Waals surface area contributed by atoms with E-state index in [1.165, 1.54) is 24.3 Å². The first kappa shape index (κ1) is 21.1. The first-order chi connectivity index (χ1) is 13.8. The molecule has 1 fully saturated rings. The Morgan fingerprint density at radius 1 is 1.14 bits per heavy atom. The minimum atomic E-state index is -4.55. The van der Waals surface area contributed by atoms with Crippen LogP contribution >= 0.6 is 0 Å². The highest BCUT2D eigenvalue weighted by Crippen LogP contribution is 2.33. The summed E-state index contributed by atoms with van der Waals surface area (Å²) in [6, 6.07) is 6.87. The Kier molecular flexibility index (Phi) is 6.45. The molecule has 0 atom stereocenters. The summed E-state index contributed by atoms with van der Waals surface area (Å²) in [4.78, 5) is 12.4. The van der Waals surface area contributed by atoms with Crippen molar-refractivity contribution in [2.45, 2.75) is 38.8 Å². The number of fused-ring (bicyclic) bond motifs is 1. The molecule has 0 aromatic heterocycles. The van der Waals surface area contributed by atoms with Gasteiger partial charge in [-0.05, 0) is 68.2 Å². The van der Waals surface area contributed by atoms with Gasteiger partial charge in [-0.1, -0.05) is 18.2 Å². The molecule has 1 aliphatic rings. The second-order valence-electron chi connectivity index (χ2n) is 7.22. The van der Waals surface area contributed by atoms with Crippen LogP contribution in [0.15, 0.2) is 42.5 Å². The zero-order valence-corrected chi connectivity index (χ0v) is 16.0. The molecule has 1 saturated carbocycles. The molecule has 2 aromatic rings. The van der Waals surface area contributed by atoms with Gasteiger partial charge in [-0.3, -0.25) is 4.79 Å². The number of carbonyl (C=O) groups excluding carboxylic acids is 1. The minimum Gasteiger partial charge on any atom is -0.481 e. The average Bonchev–Trinajstić information content (AvgIpc) is 2.67. The number of hydrogen-bond donors (Lipinski definition) is 0. The Balaban J connectivity index is 1.67. The largest absolute Gasteiger partial charge is 0.481 e. The van der Waals surface area contributed by atoms with Crippen LogP contribution in [-0.2, 0) is 4.79 Å². The topological polar surface area (TPSA) is 35.5 Å². The Morgan fingerprint density at radius 3 is 2.52 bits per heavy atom. The van der Waals surface area contributed by atoms with Crippen molar-refractivity contribution in [3.05, 3.63) is 48.3 Å². The Labute approximate surface area is 166 Å². The van der Waals surface area contributed by atoms with E-state index in [9.17, 15) is 22.4 Å². The van der Waals surface area contributed by atoms with Crippen LogP contribution in [0.25, 0.3) is 10.8 Å². The smallest absolute Gasteiger partial charge is 0.422 e. The normalized spacial score (nSPS) is 20.2. The summed E-state index contributed by atoms with van der Waals surface area (Å²) >= 11 is 0. The van der Waals surface area contributed by atoms with E-state index in [0.29, 0.717) is 11.3 Å². The molecule has 0 heterocycles. The molecule has 1 aliphatic carbocycles. The second-order valence-corrected chi connectivity index (χ2v) is 7.22. The maximum atomic E-state index is 14.4. The van der Waals surface area contributed by atoms with Crippen LogP contribution in [0, 0.1) is 17.7 Å². The van der Waals surface area contributed by atoms with Gasteiger partial charge in [-0.15, -0.1) is 0 Å². The van der Waals surface area contributed by atoms with Crippen LogP contribution in [0.4, 0.5) is 17.6 Å².